The number of piperidine rings is 1. The summed E-state index contributed by atoms with van der Waals surface area (Å²) in [7, 11) is 0. The second kappa shape index (κ2) is 7.88. The molecule has 110 valence electrons. The van der Waals surface area contributed by atoms with Gasteiger partial charge >= 0.3 is 0 Å². The van der Waals surface area contributed by atoms with Crippen LogP contribution in [0.25, 0.3) is 0 Å². The summed E-state index contributed by atoms with van der Waals surface area (Å²) >= 11 is 0. The fraction of sp³-hybridized carbons (Fsp3) is 0.938. The first kappa shape index (κ1) is 14.8. The van der Waals surface area contributed by atoms with E-state index in [9.17, 15) is 4.79 Å². The Morgan fingerprint density at radius 1 is 1.11 bits per heavy atom. The Kier molecular flexibility index (Phi) is 6.15. The van der Waals surface area contributed by atoms with Gasteiger partial charge in [-0.2, -0.15) is 0 Å². The average Bonchev–Trinajstić information content (AvgIpc) is 2.66. The Morgan fingerprint density at radius 3 is 2.63 bits per heavy atom. The van der Waals surface area contributed by atoms with Crippen LogP contribution in [0.2, 0.25) is 0 Å². The van der Waals surface area contributed by atoms with Gasteiger partial charge in [0.05, 0.1) is 0 Å². The highest BCUT2D eigenvalue weighted by Crippen LogP contribution is 2.23. The zero-order valence-corrected chi connectivity index (χ0v) is 12.5. The van der Waals surface area contributed by atoms with E-state index in [4.69, 9.17) is 0 Å². The largest absolute Gasteiger partial charge is 0.343 e. The molecule has 1 amide bonds. The molecule has 0 aromatic rings. The average molecular weight is 266 g/mol. The second-order valence-corrected chi connectivity index (χ2v) is 6.36. The highest BCUT2D eigenvalue weighted by molar-refractivity contribution is 5.76. The Bertz CT molecular complexity index is 274. The predicted molar refractivity (Wildman–Crippen MR) is 79.0 cm³/mol. The van der Waals surface area contributed by atoms with Crippen LogP contribution in [0.15, 0.2) is 0 Å². The molecule has 1 unspecified atom stereocenters. The lowest BCUT2D eigenvalue weighted by Crippen LogP contribution is -2.36. The van der Waals surface area contributed by atoms with Crippen LogP contribution in [0.3, 0.4) is 0 Å². The summed E-state index contributed by atoms with van der Waals surface area (Å²) in [5.41, 5.74) is 0. The van der Waals surface area contributed by atoms with Gasteiger partial charge in [-0.1, -0.05) is 19.8 Å². The number of nitrogens with one attached hydrogen (secondary N) is 1. The normalized spacial score (nSPS) is 26.2. The van der Waals surface area contributed by atoms with Gasteiger partial charge in [0, 0.05) is 19.5 Å². The Hall–Kier alpha value is -0.570. The maximum atomic E-state index is 12.4. The van der Waals surface area contributed by atoms with Crippen LogP contribution in [0, 0.1) is 11.8 Å². The number of hydrogen-bond acceptors (Lipinski definition) is 2. The summed E-state index contributed by atoms with van der Waals surface area (Å²) in [5, 5.41) is 3.37. The molecule has 2 fully saturated rings. The monoisotopic (exact) mass is 266 g/mol. The molecule has 0 radical (unpaired) electrons. The standard InChI is InChI=1S/C16H30N2O/c1-2-4-14-5-3-11-18(12-8-14)16(19)13-15-6-9-17-10-7-15/h14-15,17H,2-13H2,1H3. The highest BCUT2D eigenvalue weighted by atomic mass is 16.2. The summed E-state index contributed by atoms with van der Waals surface area (Å²) in [6.07, 6.45) is 9.54. The Morgan fingerprint density at radius 2 is 1.89 bits per heavy atom. The number of amides is 1. The van der Waals surface area contributed by atoms with Gasteiger partial charge < -0.3 is 10.2 Å². The second-order valence-electron chi connectivity index (χ2n) is 6.36. The molecule has 19 heavy (non-hydrogen) atoms. The fourth-order valence-corrected chi connectivity index (χ4v) is 3.57. The van der Waals surface area contributed by atoms with E-state index >= 15 is 0 Å². The summed E-state index contributed by atoms with van der Waals surface area (Å²) in [6, 6.07) is 0. The van der Waals surface area contributed by atoms with Gasteiger partial charge in [-0.15, -0.1) is 0 Å². The number of rotatable bonds is 4. The van der Waals surface area contributed by atoms with Crippen molar-refractivity contribution in [2.75, 3.05) is 26.2 Å². The van der Waals surface area contributed by atoms with E-state index in [-0.39, 0.29) is 0 Å². The molecule has 0 saturated carbocycles. The van der Waals surface area contributed by atoms with Crippen molar-refractivity contribution in [1.82, 2.24) is 10.2 Å². The van der Waals surface area contributed by atoms with Crippen LogP contribution in [-0.2, 0) is 4.79 Å². The Balaban J connectivity index is 1.75. The summed E-state index contributed by atoms with van der Waals surface area (Å²) < 4.78 is 0. The third kappa shape index (κ3) is 4.79. The topological polar surface area (TPSA) is 32.3 Å². The van der Waals surface area contributed by atoms with Crippen molar-refractivity contribution in [3.8, 4) is 0 Å². The SMILES string of the molecule is CCCC1CCCN(C(=O)CC2CCNCC2)CC1. The summed E-state index contributed by atoms with van der Waals surface area (Å²) in [4.78, 5) is 14.5. The number of hydrogen-bond donors (Lipinski definition) is 1. The van der Waals surface area contributed by atoms with E-state index < -0.39 is 0 Å². The van der Waals surface area contributed by atoms with E-state index in [1.165, 1.54) is 44.9 Å². The molecule has 2 rings (SSSR count). The van der Waals surface area contributed by atoms with Gasteiger partial charge in [-0.3, -0.25) is 4.79 Å². The fourth-order valence-electron chi connectivity index (χ4n) is 3.57. The van der Waals surface area contributed by atoms with Gasteiger partial charge in [-0.25, -0.2) is 0 Å². The van der Waals surface area contributed by atoms with Gasteiger partial charge in [0.2, 0.25) is 5.91 Å². The van der Waals surface area contributed by atoms with Crippen LogP contribution in [0.1, 0.15) is 58.3 Å². The van der Waals surface area contributed by atoms with Gasteiger partial charge in [0.15, 0.2) is 0 Å². The third-order valence-corrected chi connectivity index (χ3v) is 4.82. The van der Waals surface area contributed by atoms with Gasteiger partial charge in [-0.05, 0) is 57.0 Å². The van der Waals surface area contributed by atoms with Crippen LogP contribution in [0.4, 0.5) is 0 Å². The molecule has 1 atom stereocenters. The molecule has 0 bridgehead atoms. The minimum atomic E-state index is 0.420. The van der Waals surface area contributed by atoms with E-state index in [0.717, 1.165) is 38.5 Å². The maximum Gasteiger partial charge on any atom is 0.222 e. The lowest BCUT2D eigenvalue weighted by molar-refractivity contribution is -0.132. The molecular formula is C16H30N2O. The quantitative estimate of drug-likeness (QED) is 0.848. The highest BCUT2D eigenvalue weighted by Gasteiger charge is 2.23. The molecular weight excluding hydrogens is 236 g/mol. The first-order chi connectivity index (χ1) is 9.29. The van der Waals surface area contributed by atoms with Crippen LogP contribution in [0.5, 0.6) is 0 Å². The van der Waals surface area contributed by atoms with Crippen molar-refractivity contribution in [3.63, 3.8) is 0 Å². The minimum absolute atomic E-state index is 0.420. The zero-order valence-electron chi connectivity index (χ0n) is 12.5. The molecule has 1 N–H and O–H groups in total. The molecule has 2 heterocycles. The molecule has 2 saturated heterocycles. The van der Waals surface area contributed by atoms with Crippen molar-refractivity contribution < 1.29 is 4.79 Å². The molecule has 0 spiro atoms. The first-order valence-corrected chi connectivity index (χ1v) is 8.28. The maximum absolute atomic E-state index is 12.4. The molecule has 0 aromatic carbocycles. The smallest absolute Gasteiger partial charge is 0.222 e. The molecule has 0 aromatic heterocycles. The first-order valence-electron chi connectivity index (χ1n) is 8.28. The van der Waals surface area contributed by atoms with Gasteiger partial charge in [0.25, 0.3) is 0 Å². The van der Waals surface area contributed by atoms with E-state index in [2.05, 4.69) is 17.1 Å². The van der Waals surface area contributed by atoms with Crippen molar-refractivity contribution in [3.05, 3.63) is 0 Å². The molecule has 2 aliphatic heterocycles. The number of carbonyl (C=O) groups excluding carboxylic acids is 1. The van der Waals surface area contributed by atoms with Crippen LogP contribution < -0.4 is 5.32 Å². The van der Waals surface area contributed by atoms with E-state index in [1.807, 2.05) is 0 Å². The molecule has 3 nitrogen and oxygen atoms in total. The zero-order chi connectivity index (χ0) is 13.5. The summed E-state index contributed by atoms with van der Waals surface area (Å²) in [5.74, 6) is 1.91. The van der Waals surface area contributed by atoms with E-state index in [0.29, 0.717) is 11.8 Å². The lowest BCUT2D eigenvalue weighted by atomic mass is 9.94. The van der Waals surface area contributed by atoms with Crippen molar-refractivity contribution in [2.45, 2.75) is 58.3 Å². The number of likely N-dealkylation sites (tertiary alicyclic amines) is 1. The molecule has 0 aliphatic carbocycles. The Labute approximate surface area is 118 Å². The number of nitrogens with zero attached hydrogens (tertiary/aromatic N) is 1. The van der Waals surface area contributed by atoms with Gasteiger partial charge in [0.1, 0.15) is 0 Å². The number of carbonyl (C=O) groups is 1. The van der Waals surface area contributed by atoms with Crippen molar-refractivity contribution >= 4 is 5.91 Å². The van der Waals surface area contributed by atoms with Crippen molar-refractivity contribution in [1.29, 1.82) is 0 Å². The van der Waals surface area contributed by atoms with Crippen LogP contribution >= 0.6 is 0 Å². The molecule has 2 aliphatic rings. The van der Waals surface area contributed by atoms with Crippen molar-refractivity contribution in [2.24, 2.45) is 11.8 Å². The van der Waals surface area contributed by atoms with E-state index in [1.54, 1.807) is 0 Å². The summed E-state index contributed by atoms with van der Waals surface area (Å²) in [6.45, 7) is 6.47. The third-order valence-electron chi connectivity index (χ3n) is 4.82. The lowest BCUT2D eigenvalue weighted by Gasteiger charge is -2.26. The molecule has 3 heteroatoms. The minimum Gasteiger partial charge on any atom is -0.343 e. The predicted octanol–water partition coefficient (Wildman–Crippen LogP) is 2.80. The van der Waals surface area contributed by atoms with Crippen LogP contribution in [-0.4, -0.2) is 37.0 Å².